The number of halogens is 1. The minimum Gasteiger partial charge on any atom is -0.340 e. The van der Waals surface area contributed by atoms with E-state index in [0.29, 0.717) is 18.4 Å². The number of nitrogens with zero attached hydrogens (tertiary/aromatic N) is 4. The molecule has 4 atom stereocenters. The number of hydrogen-bond donors (Lipinski definition) is 1. The summed E-state index contributed by atoms with van der Waals surface area (Å²) in [5, 5.41) is 2.74. The van der Waals surface area contributed by atoms with E-state index in [4.69, 9.17) is 27.8 Å². The number of benzene rings is 1. The first-order chi connectivity index (χ1) is 20.6. The maximum absolute atomic E-state index is 16.7. The molecule has 0 bridgehead atoms. The van der Waals surface area contributed by atoms with Crippen molar-refractivity contribution < 1.29 is 41.5 Å². The number of fused-ring (bicyclic) bond motifs is 2. The molecule has 2 fully saturated rings. The Hall–Kier alpha value is -2.84. The van der Waals surface area contributed by atoms with Gasteiger partial charge in [-0.1, -0.05) is 44.9 Å². The highest BCUT2D eigenvalue weighted by Gasteiger charge is 2.65. The van der Waals surface area contributed by atoms with Crippen molar-refractivity contribution in [2.45, 2.75) is 83.5 Å². The van der Waals surface area contributed by atoms with Gasteiger partial charge in [0.25, 0.3) is 11.8 Å². The molecular weight excluding hydrogens is 584 g/mol. The molecule has 0 saturated carbocycles. The molecule has 2 saturated heterocycles. The molecule has 43 heavy (non-hydrogen) atoms. The fourth-order valence-electron chi connectivity index (χ4n) is 4.82. The number of phosphoric ester groups is 1. The zero-order chi connectivity index (χ0) is 30.7. The van der Waals surface area contributed by atoms with Crippen molar-refractivity contribution >= 4 is 30.7 Å². The lowest BCUT2D eigenvalue weighted by Crippen LogP contribution is -2.43. The molecule has 5 rings (SSSR count). The highest BCUT2D eigenvalue weighted by atomic mass is 31.2. The third-order valence-electron chi connectivity index (χ3n) is 6.97. The van der Waals surface area contributed by atoms with Crippen molar-refractivity contribution in [2.75, 3.05) is 25.1 Å². The van der Waals surface area contributed by atoms with Crippen molar-refractivity contribution in [1.82, 2.24) is 19.5 Å². The topological polar surface area (TPSA) is 145 Å². The molecule has 1 amide bonds. The van der Waals surface area contributed by atoms with Gasteiger partial charge in [-0.15, -0.1) is 0 Å². The monoisotopic (exact) mass is 621 g/mol. The maximum Gasteiger partial charge on any atom is 0.474 e. The molecule has 0 aliphatic carbocycles. The van der Waals surface area contributed by atoms with Crippen LogP contribution in [0.3, 0.4) is 0 Å². The summed E-state index contributed by atoms with van der Waals surface area (Å²) in [5.74, 6) is -3.98. The lowest BCUT2D eigenvalue weighted by atomic mass is 10.1. The van der Waals surface area contributed by atoms with Gasteiger partial charge in [0.1, 0.15) is 19.0 Å². The van der Waals surface area contributed by atoms with E-state index >= 15 is 4.39 Å². The predicted octanol–water partition coefficient (Wildman–Crippen LogP) is 5.55. The van der Waals surface area contributed by atoms with Gasteiger partial charge >= 0.3 is 7.82 Å². The number of hydrogen-bond acceptors (Lipinski definition) is 11. The average Bonchev–Trinajstić information content (AvgIpc) is 3.64. The number of imidazole rings is 1. The largest absolute Gasteiger partial charge is 0.474 e. The number of unbranched alkanes of at least 4 members (excludes halogenated alkanes) is 2. The highest BCUT2D eigenvalue weighted by Crippen LogP contribution is 2.54. The third kappa shape index (κ3) is 6.96. The average molecular weight is 622 g/mol. The number of carbonyl (C=O) groups excluding carboxylic acids is 1. The summed E-state index contributed by atoms with van der Waals surface area (Å²) in [5.41, 5.74) is 0.958. The molecule has 2 aliphatic heterocycles. The van der Waals surface area contributed by atoms with Crippen LogP contribution in [0.2, 0.25) is 0 Å². The smallest absolute Gasteiger partial charge is 0.340 e. The van der Waals surface area contributed by atoms with Crippen molar-refractivity contribution in [3.05, 3.63) is 48.5 Å². The minimum atomic E-state index is -4.10. The Labute approximate surface area is 249 Å². The molecular formula is C28H37FN5O8P. The number of alkyl halides is 1. The first-order valence-electron chi connectivity index (χ1n) is 14.4. The number of ether oxygens (including phenoxy) is 3. The van der Waals surface area contributed by atoms with Gasteiger partial charge in [-0.2, -0.15) is 0 Å². The molecule has 4 heterocycles. The molecule has 2 aliphatic rings. The first kappa shape index (κ1) is 31.6. The number of anilines is 1. The van der Waals surface area contributed by atoms with Gasteiger partial charge in [0.15, 0.2) is 35.1 Å². The fourth-order valence-corrected chi connectivity index (χ4v) is 6.08. The van der Waals surface area contributed by atoms with E-state index in [1.165, 1.54) is 17.2 Å². The minimum absolute atomic E-state index is 0.130. The second kappa shape index (κ2) is 13.0. The van der Waals surface area contributed by atoms with Gasteiger partial charge < -0.3 is 19.5 Å². The van der Waals surface area contributed by atoms with Crippen LogP contribution in [0.15, 0.2) is 43.0 Å². The summed E-state index contributed by atoms with van der Waals surface area (Å²) in [6.07, 6.45) is 2.18. The SMILES string of the molecule is CCCCOP(=O)(OCCCC)OC[C@@]1(F)O[C@@H](n2cnc3c(NC(=O)c4ccccc4)ncnc32)[C@H]2OC(C)(C)OC21. The Morgan fingerprint density at radius 1 is 1.02 bits per heavy atom. The Kier molecular flexibility index (Phi) is 9.57. The molecule has 234 valence electrons. The van der Waals surface area contributed by atoms with Crippen LogP contribution in [0.5, 0.6) is 0 Å². The molecule has 1 aromatic carbocycles. The number of carbonyl (C=O) groups is 1. The maximum atomic E-state index is 16.7. The molecule has 0 spiro atoms. The Morgan fingerprint density at radius 2 is 1.72 bits per heavy atom. The van der Waals surface area contributed by atoms with Crippen LogP contribution in [0.1, 0.15) is 70.0 Å². The van der Waals surface area contributed by atoms with E-state index in [1.807, 2.05) is 13.8 Å². The number of phosphoric acid groups is 1. The van der Waals surface area contributed by atoms with Gasteiger partial charge in [-0.05, 0) is 38.8 Å². The quantitative estimate of drug-likeness (QED) is 0.179. The van der Waals surface area contributed by atoms with Crippen molar-refractivity contribution in [3.8, 4) is 0 Å². The normalized spacial score (nSPS) is 24.8. The van der Waals surface area contributed by atoms with Crippen molar-refractivity contribution in [2.24, 2.45) is 0 Å². The van der Waals surface area contributed by atoms with E-state index in [0.717, 1.165) is 12.8 Å². The summed E-state index contributed by atoms with van der Waals surface area (Å²) in [6.45, 7) is 6.68. The van der Waals surface area contributed by atoms with Gasteiger partial charge in [-0.3, -0.25) is 22.9 Å². The van der Waals surface area contributed by atoms with E-state index in [1.54, 1.807) is 44.2 Å². The molecule has 15 heteroatoms. The Bertz CT molecular complexity index is 1450. The zero-order valence-electron chi connectivity index (χ0n) is 24.6. The molecule has 0 radical (unpaired) electrons. The summed E-state index contributed by atoms with van der Waals surface area (Å²) in [7, 11) is -4.10. The number of nitrogens with one attached hydrogen (secondary N) is 1. The van der Waals surface area contributed by atoms with Crippen LogP contribution in [0.25, 0.3) is 11.2 Å². The number of aromatic nitrogens is 4. The van der Waals surface area contributed by atoms with Crippen LogP contribution >= 0.6 is 7.82 Å². The molecule has 13 nitrogen and oxygen atoms in total. The van der Waals surface area contributed by atoms with Crippen LogP contribution in [0, 0.1) is 0 Å². The summed E-state index contributed by atoms with van der Waals surface area (Å²) in [4.78, 5) is 25.7. The highest BCUT2D eigenvalue weighted by molar-refractivity contribution is 7.48. The lowest BCUT2D eigenvalue weighted by Gasteiger charge is -2.29. The van der Waals surface area contributed by atoms with Gasteiger partial charge in [-0.25, -0.2) is 23.9 Å². The molecule has 2 aromatic heterocycles. The van der Waals surface area contributed by atoms with E-state index in [-0.39, 0.29) is 36.1 Å². The molecule has 1 N–H and O–H groups in total. The molecule has 3 aromatic rings. The number of rotatable bonds is 14. The van der Waals surface area contributed by atoms with Gasteiger partial charge in [0.2, 0.25) is 0 Å². The summed E-state index contributed by atoms with van der Waals surface area (Å²) < 4.78 is 65.9. The van der Waals surface area contributed by atoms with Crippen LogP contribution in [0.4, 0.5) is 10.2 Å². The predicted molar refractivity (Wildman–Crippen MR) is 153 cm³/mol. The second-order valence-corrected chi connectivity index (χ2v) is 12.4. The standard InChI is InChI=1S/C28H37FN5O8P/c1-5-7-14-37-43(36,38-15-8-6-2)39-16-28(29)22-21(40-27(3,4)41-22)26(42-28)34-18-32-20-23(30-17-31-24(20)34)33-25(35)19-12-10-9-11-13-19/h9-13,17-18,21-22,26H,5-8,14-16H2,1-4H3,(H,30,31,33,35)/t21-,22?,26+,28+/m0/s1. The van der Waals surface area contributed by atoms with Crippen LogP contribution < -0.4 is 5.32 Å². The van der Waals surface area contributed by atoms with Crippen LogP contribution in [-0.4, -0.2) is 69.1 Å². The van der Waals surface area contributed by atoms with Crippen molar-refractivity contribution in [1.29, 1.82) is 0 Å². The third-order valence-corrected chi connectivity index (χ3v) is 8.41. The molecule has 1 unspecified atom stereocenters. The van der Waals surface area contributed by atoms with Gasteiger partial charge in [0.05, 0.1) is 19.5 Å². The first-order valence-corrected chi connectivity index (χ1v) is 15.8. The summed E-state index contributed by atoms with van der Waals surface area (Å²) >= 11 is 0. The fraction of sp³-hybridized carbons (Fsp3) is 0.571. The number of amides is 1. The van der Waals surface area contributed by atoms with Crippen LogP contribution in [-0.2, 0) is 32.3 Å². The van der Waals surface area contributed by atoms with E-state index in [2.05, 4.69) is 20.3 Å². The second-order valence-electron chi connectivity index (χ2n) is 10.8. The van der Waals surface area contributed by atoms with E-state index < -0.39 is 44.5 Å². The van der Waals surface area contributed by atoms with Gasteiger partial charge in [0, 0.05) is 5.56 Å². The zero-order valence-corrected chi connectivity index (χ0v) is 25.5. The Balaban J connectivity index is 1.39. The summed E-state index contributed by atoms with van der Waals surface area (Å²) in [6, 6.07) is 8.64. The van der Waals surface area contributed by atoms with Crippen molar-refractivity contribution in [3.63, 3.8) is 0 Å². The lowest BCUT2D eigenvalue weighted by molar-refractivity contribution is -0.263. The van der Waals surface area contributed by atoms with E-state index in [9.17, 15) is 9.36 Å². The Morgan fingerprint density at radius 3 is 2.40 bits per heavy atom.